The molecule has 0 bridgehead atoms. The minimum atomic E-state index is -3.70. The molecule has 3 aromatic carbocycles. The van der Waals surface area contributed by atoms with Gasteiger partial charge in [0.25, 0.3) is 10.0 Å². The van der Waals surface area contributed by atoms with Crippen LogP contribution in [0.3, 0.4) is 0 Å². The fourth-order valence-corrected chi connectivity index (χ4v) is 5.21. The van der Waals surface area contributed by atoms with Crippen LogP contribution < -0.4 is 10.0 Å². The molecule has 0 radical (unpaired) electrons. The summed E-state index contributed by atoms with van der Waals surface area (Å²) in [7, 11) is -3.70. The highest BCUT2D eigenvalue weighted by Gasteiger charge is 2.16. The maximum Gasteiger partial charge on any atom is 0.263 e. The van der Waals surface area contributed by atoms with Crippen molar-refractivity contribution in [1.82, 2.24) is 15.2 Å². The number of aryl methyl sites for hydroxylation is 1. The van der Waals surface area contributed by atoms with E-state index in [0.29, 0.717) is 16.6 Å². The normalized spacial score (nSPS) is 11.4. The maximum atomic E-state index is 12.5. The van der Waals surface area contributed by atoms with E-state index in [-0.39, 0.29) is 4.90 Å². The Morgan fingerprint density at radius 1 is 0.848 bits per heavy atom. The predicted octanol–water partition coefficient (Wildman–Crippen LogP) is 5.61. The van der Waals surface area contributed by atoms with E-state index < -0.39 is 10.0 Å². The molecule has 0 aliphatic carbocycles. The van der Waals surface area contributed by atoms with Crippen LogP contribution in [0.2, 0.25) is 0 Å². The number of nitrogens with one attached hydrogen (secondary N) is 2. The fraction of sp³-hybridized carbons (Fsp3) is 0.0417. The van der Waals surface area contributed by atoms with Gasteiger partial charge < -0.3 is 5.32 Å². The lowest BCUT2D eigenvalue weighted by Gasteiger charge is -2.12. The number of aromatic nitrogens is 3. The standard InChI is InChI=1S/C24H19N5O2S2/c1-16-6-8-17(9-7-16)22-20-4-2-3-5-21(20)23(28-27-22)26-18-10-12-19(13-11-18)33(30,31)29-24-25-14-15-32-24/h2-15H,1H3,(H,25,29)(H,26,28). The molecule has 5 rings (SSSR count). The summed E-state index contributed by atoms with van der Waals surface area (Å²) in [6.45, 7) is 2.05. The van der Waals surface area contributed by atoms with Gasteiger partial charge in [0.2, 0.25) is 0 Å². The first kappa shape index (κ1) is 21.0. The Labute approximate surface area is 195 Å². The maximum absolute atomic E-state index is 12.5. The Morgan fingerprint density at radius 2 is 1.58 bits per heavy atom. The minimum absolute atomic E-state index is 0.147. The summed E-state index contributed by atoms with van der Waals surface area (Å²) < 4.78 is 27.6. The van der Waals surface area contributed by atoms with E-state index in [1.54, 1.807) is 23.7 Å². The Kier molecular flexibility index (Phi) is 5.49. The summed E-state index contributed by atoms with van der Waals surface area (Å²) in [5.41, 5.74) is 3.69. The molecule has 2 heterocycles. The molecule has 7 nitrogen and oxygen atoms in total. The predicted molar refractivity (Wildman–Crippen MR) is 132 cm³/mol. The summed E-state index contributed by atoms with van der Waals surface area (Å²) in [5.74, 6) is 0.595. The van der Waals surface area contributed by atoms with Crippen LogP contribution in [0, 0.1) is 6.92 Å². The van der Waals surface area contributed by atoms with Gasteiger partial charge in [-0.3, -0.25) is 4.72 Å². The molecule has 0 saturated carbocycles. The number of thiazole rings is 1. The Morgan fingerprint density at radius 3 is 2.27 bits per heavy atom. The molecule has 0 aliphatic rings. The molecule has 0 unspecified atom stereocenters. The van der Waals surface area contributed by atoms with E-state index in [2.05, 4.69) is 37.4 Å². The number of fused-ring (bicyclic) bond motifs is 1. The highest BCUT2D eigenvalue weighted by molar-refractivity contribution is 7.93. The van der Waals surface area contributed by atoms with Crippen LogP contribution in [-0.4, -0.2) is 23.6 Å². The molecule has 0 fully saturated rings. The summed E-state index contributed by atoms with van der Waals surface area (Å²) in [5, 5.41) is 16.1. The zero-order chi connectivity index (χ0) is 22.8. The lowest BCUT2D eigenvalue weighted by Crippen LogP contribution is -2.12. The Bertz CT molecular complexity index is 1520. The Balaban J connectivity index is 1.44. The fourth-order valence-electron chi connectivity index (χ4n) is 3.42. The van der Waals surface area contributed by atoms with Crippen molar-refractivity contribution in [1.29, 1.82) is 0 Å². The molecule has 5 aromatic rings. The zero-order valence-corrected chi connectivity index (χ0v) is 19.2. The number of hydrogen-bond donors (Lipinski definition) is 2. The third-order valence-electron chi connectivity index (χ3n) is 5.09. The highest BCUT2D eigenvalue weighted by atomic mass is 32.2. The number of sulfonamides is 1. The molecule has 2 N–H and O–H groups in total. The number of benzene rings is 3. The van der Waals surface area contributed by atoms with Crippen LogP contribution in [0.4, 0.5) is 16.6 Å². The van der Waals surface area contributed by atoms with E-state index in [1.165, 1.54) is 29.0 Å². The second kappa shape index (κ2) is 8.61. The zero-order valence-electron chi connectivity index (χ0n) is 17.6. The summed E-state index contributed by atoms with van der Waals surface area (Å²) in [4.78, 5) is 4.11. The minimum Gasteiger partial charge on any atom is -0.338 e. The molecule has 9 heteroatoms. The van der Waals surface area contributed by atoms with Gasteiger partial charge in [0.15, 0.2) is 10.9 Å². The van der Waals surface area contributed by atoms with E-state index in [1.807, 2.05) is 43.3 Å². The molecule has 2 aromatic heterocycles. The van der Waals surface area contributed by atoms with Crippen LogP contribution in [-0.2, 0) is 10.0 Å². The first-order valence-electron chi connectivity index (χ1n) is 10.1. The van der Waals surface area contributed by atoms with Crippen LogP contribution >= 0.6 is 11.3 Å². The van der Waals surface area contributed by atoms with Gasteiger partial charge >= 0.3 is 0 Å². The molecule has 0 saturated heterocycles. The van der Waals surface area contributed by atoms with Crippen molar-refractivity contribution in [3.8, 4) is 11.3 Å². The second-order valence-electron chi connectivity index (χ2n) is 7.40. The highest BCUT2D eigenvalue weighted by Crippen LogP contribution is 2.31. The number of nitrogens with zero attached hydrogens (tertiary/aromatic N) is 3. The van der Waals surface area contributed by atoms with E-state index in [0.717, 1.165) is 22.0 Å². The van der Waals surface area contributed by atoms with Crippen molar-refractivity contribution < 1.29 is 8.42 Å². The van der Waals surface area contributed by atoms with Gasteiger partial charge in [-0.2, -0.15) is 0 Å². The molecular formula is C24H19N5O2S2. The largest absolute Gasteiger partial charge is 0.338 e. The second-order valence-corrected chi connectivity index (χ2v) is 9.98. The van der Waals surface area contributed by atoms with Crippen molar-refractivity contribution in [3.63, 3.8) is 0 Å². The number of anilines is 3. The molecule has 164 valence electrons. The number of rotatable bonds is 6. The van der Waals surface area contributed by atoms with Crippen LogP contribution in [0.15, 0.2) is 89.3 Å². The molecular weight excluding hydrogens is 454 g/mol. The average molecular weight is 474 g/mol. The average Bonchev–Trinajstić information content (AvgIpc) is 3.33. The third-order valence-corrected chi connectivity index (χ3v) is 7.27. The van der Waals surface area contributed by atoms with Gasteiger partial charge in [-0.25, -0.2) is 13.4 Å². The van der Waals surface area contributed by atoms with Crippen LogP contribution in [0.25, 0.3) is 22.0 Å². The van der Waals surface area contributed by atoms with Gasteiger partial charge in [0.05, 0.1) is 4.90 Å². The molecule has 0 atom stereocenters. The van der Waals surface area contributed by atoms with Gasteiger partial charge in [0.1, 0.15) is 5.69 Å². The van der Waals surface area contributed by atoms with Crippen molar-refractivity contribution in [2.45, 2.75) is 11.8 Å². The van der Waals surface area contributed by atoms with Gasteiger partial charge in [-0.1, -0.05) is 54.1 Å². The quantitative estimate of drug-likeness (QED) is 0.333. The smallest absolute Gasteiger partial charge is 0.263 e. The van der Waals surface area contributed by atoms with Crippen molar-refractivity contribution in [3.05, 3.63) is 89.9 Å². The SMILES string of the molecule is Cc1ccc(-c2nnc(Nc3ccc(S(=O)(=O)Nc4nccs4)cc3)c3ccccc23)cc1. The molecule has 33 heavy (non-hydrogen) atoms. The first-order chi connectivity index (χ1) is 16.0. The molecule has 0 aliphatic heterocycles. The topological polar surface area (TPSA) is 96.9 Å². The molecule has 0 spiro atoms. The van der Waals surface area contributed by atoms with Crippen LogP contribution in [0.1, 0.15) is 5.56 Å². The third kappa shape index (κ3) is 4.41. The summed E-state index contributed by atoms with van der Waals surface area (Å²) in [6, 6.07) is 22.6. The lowest BCUT2D eigenvalue weighted by atomic mass is 10.0. The summed E-state index contributed by atoms with van der Waals surface area (Å²) in [6.07, 6.45) is 1.55. The Hall–Kier alpha value is -3.82. The van der Waals surface area contributed by atoms with Crippen LogP contribution in [0.5, 0.6) is 0 Å². The molecule has 0 amide bonds. The first-order valence-corrected chi connectivity index (χ1v) is 12.5. The van der Waals surface area contributed by atoms with Crippen molar-refractivity contribution in [2.24, 2.45) is 0 Å². The lowest BCUT2D eigenvalue weighted by molar-refractivity contribution is 0.601. The van der Waals surface area contributed by atoms with E-state index in [4.69, 9.17) is 0 Å². The van der Waals surface area contributed by atoms with Crippen molar-refractivity contribution >= 4 is 48.8 Å². The van der Waals surface area contributed by atoms with Crippen molar-refractivity contribution in [2.75, 3.05) is 10.0 Å². The number of hydrogen-bond acceptors (Lipinski definition) is 7. The summed E-state index contributed by atoms with van der Waals surface area (Å²) >= 11 is 1.22. The van der Waals surface area contributed by atoms with E-state index in [9.17, 15) is 8.42 Å². The van der Waals surface area contributed by atoms with Gasteiger partial charge in [-0.05, 0) is 31.2 Å². The van der Waals surface area contributed by atoms with Gasteiger partial charge in [0, 0.05) is 33.6 Å². The van der Waals surface area contributed by atoms with Gasteiger partial charge in [-0.15, -0.1) is 21.5 Å². The monoisotopic (exact) mass is 473 g/mol. The van der Waals surface area contributed by atoms with E-state index >= 15 is 0 Å².